The van der Waals surface area contributed by atoms with E-state index in [1.165, 1.54) is 8.61 Å². The van der Waals surface area contributed by atoms with Gasteiger partial charge in [0.1, 0.15) is 0 Å². The van der Waals surface area contributed by atoms with Gasteiger partial charge in [0.25, 0.3) is 10.2 Å². The Morgan fingerprint density at radius 1 is 0.931 bits per heavy atom. The number of anilines is 1. The maximum Gasteiger partial charge on any atom is 0.282 e. The first kappa shape index (κ1) is 21.5. The van der Waals surface area contributed by atoms with Crippen molar-refractivity contribution >= 4 is 21.8 Å². The maximum absolute atomic E-state index is 13.1. The van der Waals surface area contributed by atoms with Gasteiger partial charge in [-0.2, -0.15) is 17.0 Å². The molecular formula is C22H29N3O3S. The Hall–Kier alpha value is -2.22. The Morgan fingerprint density at radius 2 is 1.59 bits per heavy atom. The molecule has 0 aromatic heterocycles. The highest BCUT2D eigenvalue weighted by molar-refractivity contribution is 7.86. The largest absolute Gasteiger partial charge is 0.325 e. The number of hydrogen-bond acceptors (Lipinski definition) is 3. The number of hydrogen-bond donors (Lipinski definition) is 1. The molecule has 2 aromatic rings. The predicted octanol–water partition coefficient (Wildman–Crippen LogP) is 3.31. The van der Waals surface area contributed by atoms with Crippen LogP contribution in [0.3, 0.4) is 0 Å². The van der Waals surface area contributed by atoms with Crippen LogP contribution in [0.1, 0.15) is 34.2 Å². The SMILES string of the molecule is Cc1cc(C)cc(NC(=O)CN2CCCN(Cc3cc(C)ccc3C)S2(=O)=O)c1. The predicted molar refractivity (Wildman–Crippen MR) is 116 cm³/mol. The van der Waals surface area contributed by atoms with E-state index in [4.69, 9.17) is 0 Å². The molecule has 1 aliphatic heterocycles. The molecule has 0 unspecified atom stereocenters. The van der Waals surface area contributed by atoms with Crippen LogP contribution in [0.2, 0.25) is 0 Å². The van der Waals surface area contributed by atoms with E-state index in [0.29, 0.717) is 31.7 Å². The second kappa shape index (κ2) is 8.65. The van der Waals surface area contributed by atoms with Crippen LogP contribution in [0, 0.1) is 27.7 Å². The first-order valence-corrected chi connectivity index (χ1v) is 11.2. The summed E-state index contributed by atoms with van der Waals surface area (Å²) in [6, 6.07) is 11.8. The van der Waals surface area contributed by atoms with Crippen molar-refractivity contribution < 1.29 is 13.2 Å². The smallest absolute Gasteiger partial charge is 0.282 e. The fourth-order valence-corrected chi connectivity index (χ4v) is 5.34. The Kier molecular flexibility index (Phi) is 6.41. The molecule has 0 saturated carbocycles. The average molecular weight is 416 g/mol. The first-order valence-electron chi connectivity index (χ1n) is 9.84. The van der Waals surface area contributed by atoms with E-state index in [1.807, 2.05) is 64.1 Å². The maximum atomic E-state index is 13.1. The molecule has 29 heavy (non-hydrogen) atoms. The van der Waals surface area contributed by atoms with Crippen molar-refractivity contribution in [2.45, 2.75) is 40.7 Å². The number of rotatable bonds is 5. The van der Waals surface area contributed by atoms with Gasteiger partial charge in [0.2, 0.25) is 5.91 Å². The number of carbonyl (C=O) groups excluding carboxylic acids is 1. The molecule has 1 amide bonds. The lowest BCUT2D eigenvalue weighted by Gasteiger charge is -2.34. The minimum atomic E-state index is -3.69. The number of amides is 1. The molecule has 1 heterocycles. The van der Waals surface area contributed by atoms with Gasteiger partial charge in [-0.3, -0.25) is 4.79 Å². The lowest BCUT2D eigenvalue weighted by Crippen LogP contribution is -2.51. The molecule has 1 saturated heterocycles. The van der Waals surface area contributed by atoms with Crippen LogP contribution in [0.15, 0.2) is 36.4 Å². The molecule has 6 nitrogen and oxygen atoms in total. The van der Waals surface area contributed by atoms with E-state index in [1.54, 1.807) is 0 Å². The summed E-state index contributed by atoms with van der Waals surface area (Å²) in [5, 5.41) is 2.83. The normalized spacial score (nSPS) is 17.2. The van der Waals surface area contributed by atoms with Gasteiger partial charge in [-0.1, -0.05) is 29.8 Å². The summed E-state index contributed by atoms with van der Waals surface area (Å²) >= 11 is 0. The Balaban J connectivity index is 1.71. The zero-order valence-corrected chi connectivity index (χ0v) is 18.3. The van der Waals surface area contributed by atoms with Crippen molar-refractivity contribution in [1.82, 2.24) is 8.61 Å². The number of nitrogens with one attached hydrogen (secondary N) is 1. The molecule has 1 aliphatic rings. The number of nitrogens with zero attached hydrogens (tertiary/aromatic N) is 2. The standard InChI is InChI=1S/C22H29N3O3S/c1-16-6-7-19(4)20(11-16)14-24-8-5-9-25(29(24,27)28)15-22(26)23-21-12-17(2)10-18(3)13-21/h6-7,10-13H,5,8-9,14-15H2,1-4H3,(H,23,26). The van der Waals surface area contributed by atoms with Crippen LogP contribution < -0.4 is 5.32 Å². The molecule has 7 heteroatoms. The van der Waals surface area contributed by atoms with Crippen LogP contribution in [0.25, 0.3) is 0 Å². The van der Waals surface area contributed by atoms with Gasteiger partial charge in [0.05, 0.1) is 6.54 Å². The molecule has 156 valence electrons. The molecule has 0 aliphatic carbocycles. The van der Waals surface area contributed by atoms with Gasteiger partial charge in [-0.05, 0) is 68.5 Å². The zero-order valence-electron chi connectivity index (χ0n) is 17.5. The Labute approximate surface area is 173 Å². The van der Waals surface area contributed by atoms with E-state index in [0.717, 1.165) is 27.8 Å². The minimum Gasteiger partial charge on any atom is -0.325 e. The third kappa shape index (κ3) is 5.23. The molecule has 0 atom stereocenters. The van der Waals surface area contributed by atoms with Gasteiger partial charge in [0, 0.05) is 25.3 Å². The topological polar surface area (TPSA) is 69.7 Å². The third-order valence-electron chi connectivity index (χ3n) is 5.14. The number of aryl methyl sites for hydroxylation is 4. The summed E-state index contributed by atoms with van der Waals surface area (Å²) in [6.07, 6.45) is 0.695. The molecular weight excluding hydrogens is 386 g/mol. The van der Waals surface area contributed by atoms with Crippen molar-refractivity contribution in [1.29, 1.82) is 0 Å². The molecule has 2 aromatic carbocycles. The average Bonchev–Trinajstić information content (AvgIpc) is 2.60. The highest BCUT2D eigenvalue weighted by Gasteiger charge is 2.34. The second-order valence-corrected chi connectivity index (χ2v) is 9.81. The Morgan fingerprint density at radius 3 is 2.28 bits per heavy atom. The van der Waals surface area contributed by atoms with Gasteiger partial charge < -0.3 is 5.32 Å². The minimum absolute atomic E-state index is 0.182. The van der Waals surface area contributed by atoms with E-state index in [-0.39, 0.29) is 12.5 Å². The Bertz CT molecular complexity index is 998. The van der Waals surface area contributed by atoms with E-state index in [9.17, 15) is 13.2 Å². The highest BCUT2D eigenvalue weighted by atomic mass is 32.2. The van der Waals surface area contributed by atoms with Crippen LogP contribution in [0.4, 0.5) is 5.69 Å². The summed E-state index contributed by atoms with van der Waals surface area (Å²) in [7, 11) is -3.69. The van der Waals surface area contributed by atoms with Crippen molar-refractivity contribution in [2.75, 3.05) is 25.0 Å². The van der Waals surface area contributed by atoms with Crippen molar-refractivity contribution in [2.24, 2.45) is 0 Å². The number of carbonyl (C=O) groups is 1. The zero-order chi connectivity index (χ0) is 21.2. The van der Waals surface area contributed by atoms with Crippen molar-refractivity contribution in [3.05, 3.63) is 64.2 Å². The van der Waals surface area contributed by atoms with Crippen molar-refractivity contribution in [3.63, 3.8) is 0 Å². The second-order valence-electron chi connectivity index (χ2n) is 7.88. The van der Waals surface area contributed by atoms with E-state index >= 15 is 0 Å². The monoisotopic (exact) mass is 415 g/mol. The lowest BCUT2D eigenvalue weighted by atomic mass is 10.1. The third-order valence-corrected chi connectivity index (χ3v) is 7.07. The molecule has 0 bridgehead atoms. The van der Waals surface area contributed by atoms with Gasteiger partial charge in [0.15, 0.2) is 0 Å². The van der Waals surface area contributed by atoms with Crippen molar-refractivity contribution in [3.8, 4) is 0 Å². The molecule has 3 rings (SSSR count). The van der Waals surface area contributed by atoms with Crippen LogP contribution in [-0.2, 0) is 21.5 Å². The molecule has 0 radical (unpaired) electrons. The highest BCUT2D eigenvalue weighted by Crippen LogP contribution is 2.22. The summed E-state index contributed by atoms with van der Waals surface area (Å²) in [6.45, 7) is 8.87. The van der Waals surface area contributed by atoms with Crippen LogP contribution in [-0.4, -0.2) is 42.6 Å². The van der Waals surface area contributed by atoms with Gasteiger partial charge in [-0.25, -0.2) is 0 Å². The van der Waals surface area contributed by atoms with Crippen LogP contribution >= 0.6 is 0 Å². The van der Waals surface area contributed by atoms with Gasteiger partial charge in [-0.15, -0.1) is 0 Å². The summed E-state index contributed by atoms with van der Waals surface area (Å²) in [4.78, 5) is 12.5. The summed E-state index contributed by atoms with van der Waals surface area (Å²) in [5.41, 5.74) is 5.95. The molecule has 1 fully saturated rings. The summed E-state index contributed by atoms with van der Waals surface area (Å²) in [5.74, 6) is -0.327. The lowest BCUT2D eigenvalue weighted by molar-refractivity contribution is -0.116. The summed E-state index contributed by atoms with van der Waals surface area (Å²) < 4.78 is 28.9. The first-order chi connectivity index (χ1) is 13.6. The van der Waals surface area contributed by atoms with Gasteiger partial charge >= 0.3 is 0 Å². The van der Waals surface area contributed by atoms with Crippen LogP contribution in [0.5, 0.6) is 0 Å². The van der Waals surface area contributed by atoms with E-state index in [2.05, 4.69) is 5.32 Å². The molecule has 1 N–H and O–H groups in total. The molecule has 0 spiro atoms. The quantitative estimate of drug-likeness (QED) is 0.815. The fraction of sp³-hybridized carbons (Fsp3) is 0.409. The van der Waals surface area contributed by atoms with E-state index < -0.39 is 10.2 Å². The fourth-order valence-electron chi connectivity index (χ4n) is 3.71. The number of benzene rings is 2.